The van der Waals surface area contributed by atoms with E-state index >= 15 is 0 Å². The van der Waals surface area contributed by atoms with Gasteiger partial charge in [0, 0.05) is 13.2 Å². The lowest BCUT2D eigenvalue weighted by Gasteiger charge is -2.07. The third-order valence-electron chi connectivity index (χ3n) is 2.46. The van der Waals surface area contributed by atoms with Crippen LogP contribution >= 0.6 is 0 Å². The maximum absolute atomic E-state index is 11.8. The molecule has 0 saturated heterocycles. The molecule has 98 valence electrons. The lowest BCUT2D eigenvalue weighted by atomic mass is 10.1. The Morgan fingerprint density at radius 1 is 1.32 bits per heavy atom. The number of nitrogens with one attached hydrogen (secondary N) is 1. The van der Waals surface area contributed by atoms with Crippen LogP contribution in [0.2, 0.25) is 0 Å². The second kappa shape index (κ2) is 4.81. The van der Waals surface area contributed by atoms with Crippen molar-refractivity contribution in [2.24, 2.45) is 7.05 Å². The van der Waals surface area contributed by atoms with Crippen molar-refractivity contribution in [2.75, 3.05) is 5.32 Å². The Balaban J connectivity index is 2.27. The molecule has 7 heteroatoms. The molecule has 0 spiro atoms. The van der Waals surface area contributed by atoms with E-state index in [0.29, 0.717) is 0 Å². The van der Waals surface area contributed by atoms with E-state index < -0.39 is 17.6 Å². The molecule has 0 aliphatic heterocycles. The fraction of sp³-hybridized carbons (Fsp3) is 0.0833. The minimum absolute atomic E-state index is 0.0237. The van der Waals surface area contributed by atoms with E-state index in [9.17, 15) is 14.7 Å². The van der Waals surface area contributed by atoms with Gasteiger partial charge in [-0.05, 0) is 18.2 Å². The highest BCUT2D eigenvalue weighted by molar-refractivity contribution is 6.05. The summed E-state index contributed by atoms with van der Waals surface area (Å²) >= 11 is 0. The Kier molecular flexibility index (Phi) is 3.19. The number of rotatable bonds is 3. The second-order valence-corrected chi connectivity index (χ2v) is 3.84. The molecule has 7 nitrogen and oxygen atoms in total. The van der Waals surface area contributed by atoms with Gasteiger partial charge in [0.05, 0.1) is 5.69 Å². The zero-order valence-electron chi connectivity index (χ0n) is 9.99. The van der Waals surface area contributed by atoms with Gasteiger partial charge in [-0.3, -0.25) is 9.48 Å². The van der Waals surface area contributed by atoms with Crippen molar-refractivity contribution in [3.05, 3.63) is 41.7 Å². The quantitative estimate of drug-likeness (QED) is 0.717. The molecule has 0 radical (unpaired) electrons. The SMILES string of the molecule is Cn1ccc(C(=O)Nc2cccc(C(=O)O)c2O)n1. The number of aromatic hydroxyl groups is 1. The topological polar surface area (TPSA) is 104 Å². The minimum atomic E-state index is -1.27. The molecule has 0 bridgehead atoms. The van der Waals surface area contributed by atoms with Gasteiger partial charge in [-0.15, -0.1) is 0 Å². The molecule has 0 saturated carbocycles. The maximum Gasteiger partial charge on any atom is 0.339 e. The van der Waals surface area contributed by atoms with Gasteiger partial charge in [-0.2, -0.15) is 5.10 Å². The van der Waals surface area contributed by atoms with Crippen LogP contribution in [-0.4, -0.2) is 31.9 Å². The Hall–Kier alpha value is -2.83. The van der Waals surface area contributed by atoms with Crippen LogP contribution in [0.25, 0.3) is 0 Å². The van der Waals surface area contributed by atoms with E-state index in [-0.39, 0.29) is 16.9 Å². The van der Waals surface area contributed by atoms with E-state index in [1.54, 1.807) is 13.2 Å². The predicted molar refractivity (Wildman–Crippen MR) is 66.2 cm³/mol. The lowest BCUT2D eigenvalue weighted by molar-refractivity contribution is 0.0693. The summed E-state index contributed by atoms with van der Waals surface area (Å²) < 4.78 is 1.46. The number of phenols is 1. The normalized spacial score (nSPS) is 10.2. The number of amides is 1. The van der Waals surface area contributed by atoms with E-state index in [0.717, 1.165) is 0 Å². The molecule has 1 heterocycles. The summed E-state index contributed by atoms with van der Waals surface area (Å²) in [5.41, 5.74) is -0.0861. The fourth-order valence-corrected chi connectivity index (χ4v) is 1.54. The number of carboxylic acids is 1. The molecule has 0 aliphatic rings. The van der Waals surface area contributed by atoms with Crippen molar-refractivity contribution in [2.45, 2.75) is 0 Å². The Bertz CT molecular complexity index is 648. The summed E-state index contributed by atoms with van der Waals surface area (Å²) in [6, 6.07) is 5.58. The first-order valence-electron chi connectivity index (χ1n) is 5.35. The number of carbonyl (C=O) groups is 2. The highest BCUT2D eigenvalue weighted by Crippen LogP contribution is 2.27. The predicted octanol–water partition coefficient (Wildman–Crippen LogP) is 1.08. The number of anilines is 1. The highest BCUT2D eigenvalue weighted by atomic mass is 16.4. The van der Waals surface area contributed by atoms with Crippen molar-refractivity contribution in [1.29, 1.82) is 0 Å². The van der Waals surface area contributed by atoms with Gasteiger partial charge in [0.1, 0.15) is 5.56 Å². The van der Waals surface area contributed by atoms with Gasteiger partial charge >= 0.3 is 5.97 Å². The van der Waals surface area contributed by atoms with Gasteiger partial charge in [0.25, 0.3) is 5.91 Å². The number of carbonyl (C=O) groups excluding carboxylic acids is 1. The first kappa shape index (κ1) is 12.6. The van der Waals surface area contributed by atoms with Crippen LogP contribution < -0.4 is 5.32 Å². The van der Waals surface area contributed by atoms with Crippen molar-refractivity contribution in [3.63, 3.8) is 0 Å². The van der Waals surface area contributed by atoms with Crippen LogP contribution in [0.5, 0.6) is 5.75 Å². The maximum atomic E-state index is 11.8. The van der Waals surface area contributed by atoms with E-state index in [2.05, 4.69) is 10.4 Å². The van der Waals surface area contributed by atoms with Crippen molar-refractivity contribution in [1.82, 2.24) is 9.78 Å². The second-order valence-electron chi connectivity index (χ2n) is 3.84. The van der Waals surface area contributed by atoms with Gasteiger partial charge in [-0.1, -0.05) is 6.07 Å². The van der Waals surface area contributed by atoms with Crippen molar-refractivity contribution >= 4 is 17.6 Å². The summed E-state index contributed by atoms with van der Waals surface area (Å²) in [5, 5.41) is 24.9. The molecule has 1 aromatic carbocycles. The number of hydrogen-bond donors (Lipinski definition) is 3. The number of carboxylic acid groups (broad SMARTS) is 1. The number of aromatic carboxylic acids is 1. The molecule has 0 fully saturated rings. The first-order valence-corrected chi connectivity index (χ1v) is 5.35. The Morgan fingerprint density at radius 3 is 2.63 bits per heavy atom. The smallest absolute Gasteiger partial charge is 0.339 e. The zero-order valence-corrected chi connectivity index (χ0v) is 9.99. The Morgan fingerprint density at radius 2 is 2.05 bits per heavy atom. The minimum Gasteiger partial charge on any atom is -0.505 e. The van der Waals surface area contributed by atoms with E-state index in [1.165, 1.54) is 28.9 Å². The van der Waals surface area contributed by atoms with Crippen molar-refractivity contribution in [3.8, 4) is 5.75 Å². The fourth-order valence-electron chi connectivity index (χ4n) is 1.54. The molecule has 0 unspecified atom stereocenters. The molecule has 19 heavy (non-hydrogen) atoms. The number of nitrogens with zero attached hydrogens (tertiary/aromatic N) is 2. The van der Waals surface area contributed by atoms with Crippen LogP contribution in [0.3, 0.4) is 0 Å². The summed E-state index contributed by atoms with van der Waals surface area (Å²) in [6.07, 6.45) is 1.60. The first-order chi connectivity index (χ1) is 8.99. The van der Waals surface area contributed by atoms with Crippen LogP contribution in [-0.2, 0) is 7.05 Å². The number of aromatic nitrogens is 2. The molecule has 1 aromatic heterocycles. The van der Waals surface area contributed by atoms with Crippen LogP contribution in [0.1, 0.15) is 20.8 Å². The number of para-hydroxylation sites is 1. The molecule has 2 rings (SSSR count). The Labute approximate surface area is 108 Å². The van der Waals surface area contributed by atoms with Crippen LogP contribution in [0.4, 0.5) is 5.69 Å². The molecule has 3 N–H and O–H groups in total. The van der Waals surface area contributed by atoms with Crippen molar-refractivity contribution < 1.29 is 19.8 Å². The largest absolute Gasteiger partial charge is 0.505 e. The van der Waals surface area contributed by atoms with E-state index in [1.807, 2.05) is 0 Å². The summed E-state index contributed by atoms with van der Waals surface area (Å²) in [4.78, 5) is 22.7. The monoisotopic (exact) mass is 261 g/mol. The highest BCUT2D eigenvalue weighted by Gasteiger charge is 2.16. The molecule has 0 aliphatic carbocycles. The average Bonchev–Trinajstić information content (AvgIpc) is 2.78. The van der Waals surface area contributed by atoms with Gasteiger partial charge in [0.15, 0.2) is 11.4 Å². The average molecular weight is 261 g/mol. The van der Waals surface area contributed by atoms with Gasteiger partial charge in [0.2, 0.25) is 0 Å². The van der Waals surface area contributed by atoms with Gasteiger partial charge in [-0.25, -0.2) is 4.79 Å². The van der Waals surface area contributed by atoms with Crippen LogP contribution in [0, 0.1) is 0 Å². The molecule has 2 aromatic rings. The number of benzene rings is 1. The lowest BCUT2D eigenvalue weighted by Crippen LogP contribution is -2.13. The molecular formula is C12H11N3O4. The van der Waals surface area contributed by atoms with E-state index in [4.69, 9.17) is 5.11 Å². The zero-order chi connectivity index (χ0) is 14.0. The van der Waals surface area contributed by atoms with Crippen LogP contribution in [0.15, 0.2) is 30.5 Å². The third-order valence-corrected chi connectivity index (χ3v) is 2.46. The third kappa shape index (κ3) is 2.54. The standard InChI is InChI=1S/C12H11N3O4/c1-15-6-5-9(14-15)11(17)13-8-4-2-3-7(10(8)16)12(18)19/h2-6,16H,1H3,(H,13,17)(H,18,19). The number of aryl methyl sites for hydroxylation is 1. The summed E-state index contributed by atoms with van der Waals surface area (Å²) in [6.45, 7) is 0. The summed E-state index contributed by atoms with van der Waals surface area (Å²) in [5.74, 6) is -2.29. The molecule has 0 atom stereocenters. The number of hydrogen-bond acceptors (Lipinski definition) is 4. The summed E-state index contributed by atoms with van der Waals surface area (Å²) in [7, 11) is 1.67. The molecular weight excluding hydrogens is 250 g/mol. The molecule has 1 amide bonds. The van der Waals surface area contributed by atoms with Gasteiger partial charge < -0.3 is 15.5 Å².